The zero-order valence-electron chi connectivity index (χ0n) is 29.7. The Morgan fingerprint density at radius 1 is 0.273 bits per heavy atom. The van der Waals surface area contributed by atoms with Crippen molar-refractivity contribution in [1.82, 2.24) is 27.5 Å². The lowest BCUT2D eigenvalue weighted by Gasteiger charge is -2.16. The molecule has 0 bridgehead atoms. The lowest BCUT2D eigenvalue weighted by molar-refractivity contribution is 1.12. The Bertz CT molecular complexity index is 3480. The largest absolute Gasteiger partial charge is 0.309 e. The summed E-state index contributed by atoms with van der Waals surface area (Å²) in [6.07, 6.45) is 0. The minimum atomic E-state index is 0.872. The fourth-order valence-corrected chi connectivity index (χ4v) is 8.87. The second-order valence-electron chi connectivity index (χ2n) is 14.1. The molecular formula is C49H32N6. The van der Waals surface area contributed by atoms with Crippen molar-refractivity contribution in [3.05, 3.63) is 194 Å². The Kier molecular flexibility index (Phi) is 6.24. The number of hydrogen-bond donors (Lipinski definition) is 0. The van der Waals surface area contributed by atoms with Gasteiger partial charge in [0, 0.05) is 27.8 Å². The molecule has 55 heavy (non-hydrogen) atoms. The molecule has 0 atom stereocenters. The van der Waals surface area contributed by atoms with E-state index in [0.29, 0.717) is 0 Å². The predicted octanol–water partition coefficient (Wildman–Crippen LogP) is 12.0. The first-order valence-corrected chi connectivity index (χ1v) is 18.7. The van der Waals surface area contributed by atoms with Crippen molar-refractivity contribution in [2.45, 2.75) is 0 Å². The second-order valence-corrected chi connectivity index (χ2v) is 14.1. The first-order valence-electron chi connectivity index (χ1n) is 18.7. The average molecular weight is 705 g/mol. The number of hydrogen-bond acceptors (Lipinski definition) is 1. The Labute approximate surface area is 314 Å². The molecule has 0 aliphatic carbocycles. The summed E-state index contributed by atoms with van der Waals surface area (Å²) < 4.78 is 11.9. The molecule has 4 heterocycles. The maximum Gasteiger partial charge on any atom is 0.220 e. The van der Waals surface area contributed by atoms with Crippen LogP contribution in [0.3, 0.4) is 0 Å². The minimum absolute atomic E-state index is 0.872. The minimum Gasteiger partial charge on any atom is -0.309 e. The molecule has 0 fully saturated rings. The zero-order chi connectivity index (χ0) is 36.0. The molecule has 0 aliphatic heterocycles. The molecule has 12 aromatic rings. The standard InChI is InChI=1S/C49H32N6/c1-2-15-33(16-3-1)52-42-23-10-11-24-43(42)53(35-31-29-34(30-32-35)51-39-20-7-4-17-36(39)37-18-5-8-21-40(37)51)46-27-14-28-47-48(46)55(45-26-13-12-25-44(45)52)49-50-38-19-6-9-22-41(38)54(47)49/h1-32H. The Morgan fingerprint density at radius 3 is 1.33 bits per heavy atom. The van der Waals surface area contributed by atoms with Crippen LogP contribution in [0.4, 0.5) is 0 Å². The highest BCUT2D eigenvalue weighted by Gasteiger charge is 2.20. The van der Waals surface area contributed by atoms with Crippen LogP contribution in [0.5, 0.6) is 0 Å². The van der Waals surface area contributed by atoms with Crippen LogP contribution >= 0.6 is 0 Å². The maximum absolute atomic E-state index is 5.32. The molecule has 0 saturated heterocycles. The van der Waals surface area contributed by atoms with Crippen molar-refractivity contribution in [3.63, 3.8) is 0 Å². The Hall–Kier alpha value is -7.57. The van der Waals surface area contributed by atoms with E-state index in [-0.39, 0.29) is 0 Å². The third-order valence-corrected chi connectivity index (χ3v) is 11.1. The molecule has 0 aliphatic rings. The van der Waals surface area contributed by atoms with E-state index in [1.807, 2.05) is 0 Å². The van der Waals surface area contributed by atoms with Crippen LogP contribution in [0, 0.1) is 0 Å². The van der Waals surface area contributed by atoms with Gasteiger partial charge in [0.1, 0.15) is 0 Å². The summed E-state index contributed by atoms with van der Waals surface area (Å²) in [5.74, 6) is 0.872. The fourth-order valence-electron chi connectivity index (χ4n) is 8.87. The fraction of sp³-hybridized carbons (Fsp3) is 0. The van der Waals surface area contributed by atoms with Gasteiger partial charge in [-0.05, 0) is 97.1 Å². The van der Waals surface area contributed by atoms with Crippen molar-refractivity contribution in [3.8, 4) is 17.1 Å². The monoisotopic (exact) mass is 704 g/mol. The number of nitrogens with zero attached hydrogens (tertiary/aromatic N) is 6. The highest BCUT2D eigenvalue weighted by atomic mass is 15.2. The average Bonchev–Trinajstić information content (AvgIpc) is 3.90. The number of rotatable bonds is 3. The number of aromatic nitrogens is 6. The highest BCUT2D eigenvalue weighted by Crippen LogP contribution is 2.36. The molecule has 0 radical (unpaired) electrons. The van der Waals surface area contributed by atoms with E-state index in [4.69, 9.17) is 4.98 Å². The topological polar surface area (TPSA) is 36.5 Å². The van der Waals surface area contributed by atoms with E-state index in [2.05, 4.69) is 217 Å². The number of fused-ring (bicyclic) bond motifs is 11. The summed E-state index contributed by atoms with van der Waals surface area (Å²) >= 11 is 0. The molecule has 8 aromatic carbocycles. The van der Waals surface area contributed by atoms with Gasteiger partial charge >= 0.3 is 0 Å². The van der Waals surface area contributed by atoms with Crippen LogP contribution < -0.4 is 0 Å². The van der Waals surface area contributed by atoms with Gasteiger partial charge in [-0.25, -0.2) is 4.98 Å². The summed E-state index contributed by atoms with van der Waals surface area (Å²) in [5, 5.41) is 2.50. The third kappa shape index (κ3) is 4.22. The summed E-state index contributed by atoms with van der Waals surface area (Å²) in [6.45, 7) is 0. The zero-order valence-corrected chi connectivity index (χ0v) is 29.7. The second kappa shape index (κ2) is 11.5. The first kappa shape index (κ1) is 29.9. The number of imidazole rings is 2. The van der Waals surface area contributed by atoms with Gasteiger partial charge in [-0.2, -0.15) is 0 Å². The van der Waals surface area contributed by atoms with Gasteiger partial charge in [-0.1, -0.05) is 97.1 Å². The van der Waals surface area contributed by atoms with Crippen LogP contribution in [-0.2, 0) is 0 Å². The summed E-state index contributed by atoms with van der Waals surface area (Å²) in [4.78, 5) is 5.32. The van der Waals surface area contributed by atoms with Gasteiger partial charge < -0.3 is 13.7 Å². The van der Waals surface area contributed by atoms with E-state index in [1.54, 1.807) is 0 Å². The molecular weight excluding hydrogens is 673 g/mol. The third-order valence-electron chi connectivity index (χ3n) is 11.1. The molecule has 0 amide bonds. The van der Waals surface area contributed by atoms with Gasteiger partial charge in [-0.3, -0.25) is 8.80 Å². The number of para-hydroxylation sites is 10. The van der Waals surface area contributed by atoms with Crippen molar-refractivity contribution in [2.75, 3.05) is 0 Å². The van der Waals surface area contributed by atoms with Crippen molar-refractivity contribution in [2.24, 2.45) is 0 Å². The van der Waals surface area contributed by atoms with Crippen molar-refractivity contribution >= 4 is 77.2 Å². The van der Waals surface area contributed by atoms with E-state index >= 15 is 0 Å². The van der Waals surface area contributed by atoms with Crippen molar-refractivity contribution in [1.29, 1.82) is 0 Å². The normalized spacial score (nSPS) is 12.0. The molecule has 0 saturated carbocycles. The molecule has 12 rings (SSSR count). The SMILES string of the molecule is c1ccc(-n2c3ccccc3n(-c3ccc(-n4c5ccccc5c5ccccc54)cc3)c3cccc4c3n(c3ccccc32)c2nc3ccccc3n42)cc1. The Balaban J connectivity index is 1.28. The van der Waals surface area contributed by atoms with Crippen LogP contribution in [0.15, 0.2) is 194 Å². The van der Waals surface area contributed by atoms with Crippen molar-refractivity contribution < 1.29 is 0 Å². The van der Waals surface area contributed by atoms with Crippen LogP contribution in [0.2, 0.25) is 0 Å². The molecule has 258 valence electrons. The summed E-state index contributed by atoms with van der Waals surface area (Å²) in [7, 11) is 0. The van der Waals surface area contributed by atoms with E-state index < -0.39 is 0 Å². The van der Waals surface area contributed by atoms with E-state index in [9.17, 15) is 0 Å². The van der Waals surface area contributed by atoms with E-state index in [0.717, 1.165) is 72.5 Å². The summed E-state index contributed by atoms with van der Waals surface area (Å²) in [5.41, 5.74) is 15.2. The molecule has 6 nitrogen and oxygen atoms in total. The van der Waals surface area contributed by atoms with Gasteiger partial charge in [0.25, 0.3) is 0 Å². The molecule has 0 spiro atoms. The highest BCUT2D eigenvalue weighted by molar-refractivity contribution is 6.09. The lowest BCUT2D eigenvalue weighted by atomic mass is 10.2. The molecule has 0 N–H and O–H groups in total. The van der Waals surface area contributed by atoms with Gasteiger partial charge in [0.15, 0.2) is 0 Å². The number of benzene rings is 8. The van der Waals surface area contributed by atoms with E-state index in [1.165, 1.54) is 21.8 Å². The predicted molar refractivity (Wildman–Crippen MR) is 227 cm³/mol. The maximum atomic E-state index is 5.32. The molecule has 4 aromatic heterocycles. The first-order chi connectivity index (χ1) is 27.3. The lowest BCUT2D eigenvalue weighted by Crippen LogP contribution is -2.02. The van der Waals surface area contributed by atoms with Crippen LogP contribution in [-0.4, -0.2) is 27.5 Å². The molecule has 6 heteroatoms. The van der Waals surface area contributed by atoms with Crippen LogP contribution in [0.25, 0.3) is 94.3 Å². The van der Waals surface area contributed by atoms with Gasteiger partial charge in [0.2, 0.25) is 5.78 Å². The summed E-state index contributed by atoms with van der Waals surface area (Å²) in [6, 6.07) is 69.6. The Morgan fingerprint density at radius 2 is 0.691 bits per heavy atom. The quantitative estimate of drug-likeness (QED) is 0.180. The van der Waals surface area contributed by atoms with Crippen LogP contribution in [0.1, 0.15) is 0 Å². The van der Waals surface area contributed by atoms with Gasteiger partial charge in [0.05, 0.1) is 60.7 Å². The van der Waals surface area contributed by atoms with Gasteiger partial charge in [-0.15, -0.1) is 0 Å². The smallest absolute Gasteiger partial charge is 0.220 e. The molecule has 0 unspecified atom stereocenters.